The minimum Gasteiger partial charge on any atom is -0.382 e. The van der Waals surface area contributed by atoms with E-state index in [1.165, 1.54) is 40.4 Å². The van der Waals surface area contributed by atoms with Crippen LogP contribution >= 0.6 is 13.4 Å². The number of aromatic nitrogens is 7. The smallest absolute Gasteiger partial charge is 0.325 e. The number of anilines is 1. The summed E-state index contributed by atoms with van der Waals surface area (Å²) >= 11 is 9.58. The number of nitrogen functional groups attached to an aromatic ring is 1. The average molecular weight is 697 g/mol. The maximum absolute atomic E-state index is 15.7. The molecule has 0 radical (unpaired) electrons. The van der Waals surface area contributed by atoms with Gasteiger partial charge >= 0.3 is 13.4 Å². The van der Waals surface area contributed by atoms with Crippen molar-refractivity contribution in [1.29, 1.82) is 0 Å². The Balaban J connectivity index is 1.17. The first-order chi connectivity index (χ1) is 20.8. The molecule has 2 aliphatic heterocycles. The zero-order valence-electron chi connectivity index (χ0n) is 22.1. The monoisotopic (exact) mass is 696 g/mol. The van der Waals surface area contributed by atoms with Gasteiger partial charge in [0.05, 0.1) is 37.5 Å². The van der Waals surface area contributed by atoms with Crippen molar-refractivity contribution >= 4 is 65.1 Å². The normalized spacial score (nSPS) is 29.1. The van der Waals surface area contributed by atoms with Crippen LogP contribution in [0.15, 0.2) is 36.0 Å². The third-order valence-corrected chi connectivity index (χ3v) is 9.28. The molecule has 0 aliphatic carbocycles. The van der Waals surface area contributed by atoms with Gasteiger partial charge in [-0.25, -0.2) is 28.7 Å². The Morgan fingerprint density at radius 1 is 1.05 bits per heavy atom. The van der Waals surface area contributed by atoms with Crippen LogP contribution in [0.3, 0.4) is 0 Å². The maximum atomic E-state index is 15.7. The Hall–Kier alpha value is -2.39. The van der Waals surface area contributed by atoms with Gasteiger partial charge in [0.1, 0.15) is 30.2 Å². The molecule has 23 heteroatoms. The molecule has 6 N–H and O–H groups in total. The summed E-state index contributed by atoms with van der Waals surface area (Å²) in [5.74, 6) is 0.114. The second-order valence-electron chi connectivity index (χ2n) is 9.81. The Bertz CT molecular complexity index is 1840. The molecule has 4 aromatic rings. The summed E-state index contributed by atoms with van der Waals surface area (Å²) < 4.78 is 60.7. The van der Waals surface area contributed by atoms with Crippen LogP contribution in [0.5, 0.6) is 0 Å². The molecule has 2 aliphatic rings. The molecule has 238 valence electrons. The number of nitrogens with one attached hydrogen (secondary N) is 1. The van der Waals surface area contributed by atoms with Crippen molar-refractivity contribution in [2.45, 2.75) is 49.5 Å². The molecule has 6 heterocycles. The molecular weight excluding hydrogens is 672 g/mol. The topological polar surface area (TPSA) is 227 Å². The molecule has 6 rings (SSSR count). The second kappa shape index (κ2) is 12.1. The third kappa shape index (κ3) is 6.33. The van der Waals surface area contributed by atoms with Crippen molar-refractivity contribution in [3.05, 3.63) is 41.6 Å². The summed E-state index contributed by atoms with van der Waals surface area (Å²) in [5, 5.41) is 0. The number of pyridine rings is 1. The quantitative estimate of drug-likeness (QED) is 0.145. The molecule has 44 heavy (non-hydrogen) atoms. The number of alkyl halides is 2. The number of rotatable bonds is 10. The Labute approximate surface area is 255 Å². The van der Waals surface area contributed by atoms with E-state index in [1.807, 2.05) is 0 Å². The lowest BCUT2D eigenvalue weighted by Crippen LogP contribution is -2.32. The Morgan fingerprint density at radius 3 is 2.57 bits per heavy atom. The number of halogens is 2. The molecule has 0 saturated carbocycles. The highest BCUT2D eigenvalue weighted by molar-refractivity contribution is 8.07. The maximum Gasteiger partial charge on any atom is 0.325 e. The van der Waals surface area contributed by atoms with E-state index in [9.17, 15) is 19.5 Å². The summed E-state index contributed by atoms with van der Waals surface area (Å²) in [6.45, 7) is -9.53. The van der Waals surface area contributed by atoms with E-state index in [0.717, 1.165) is 0 Å². The van der Waals surface area contributed by atoms with Gasteiger partial charge in [0, 0.05) is 12.6 Å². The number of aromatic amines is 1. The highest BCUT2D eigenvalue weighted by Crippen LogP contribution is 2.51. The number of nitrogens with zero attached hydrogens (tertiary/aromatic N) is 6. The Kier molecular flexibility index (Phi) is 8.68. The summed E-state index contributed by atoms with van der Waals surface area (Å²) in [7, 11) is 0. The van der Waals surface area contributed by atoms with E-state index >= 15 is 8.78 Å². The zero-order chi connectivity index (χ0) is 31.4. The number of H-pyrrole nitrogens is 1. The van der Waals surface area contributed by atoms with Crippen molar-refractivity contribution in [1.82, 2.24) is 34.1 Å². The molecule has 0 amide bonds. The van der Waals surface area contributed by atoms with E-state index < -0.39 is 75.3 Å². The summed E-state index contributed by atoms with van der Waals surface area (Å²) in [6, 6.07) is 1.49. The molecule has 2 unspecified atom stereocenters. The summed E-state index contributed by atoms with van der Waals surface area (Å²) in [6.07, 6.45) is -5.19. The van der Waals surface area contributed by atoms with Crippen molar-refractivity contribution < 1.29 is 46.5 Å². The molecule has 0 bridgehead atoms. The SMILES string of the molecule is Nc1ncnc2c1ncn2[C@@H]1O[C@H](COP(O)(=S)OC2[C@@H](F)[C@@H](COP(O)(O)=S)O[C@H]2n2cnc3c(=O)[nH]ccc32)C[C@@H]1F. The standard InChI is InChI=1S/C21H24F2N8O9P2S2/c22-10-3-9(38-20(10)31-8-29-15-17(24)26-6-27-18(15)31)4-37-42(35,44)40-16-13(23)12(5-36-41(33,34)43)39-21(16)30-7-28-14-11(30)1-2-25-19(14)32/h1-2,6-10,12-13,16,20-21H,3-5H2,(H,25,32)(H,35,44)(H2,24,26,27)(H2,33,34,43)/t9-,10-,12+,13-,16?,20+,21+,42?/m0/s1. The van der Waals surface area contributed by atoms with Crippen LogP contribution in [0.25, 0.3) is 22.2 Å². The van der Waals surface area contributed by atoms with E-state index in [-0.39, 0.29) is 34.4 Å². The lowest BCUT2D eigenvalue weighted by molar-refractivity contribution is -0.0497. The van der Waals surface area contributed by atoms with Gasteiger partial charge in [0.15, 0.2) is 35.6 Å². The molecule has 17 nitrogen and oxygen atoms in total. The number of ether oxygens (including phenoxy) is 2. The van der Waals surface area contributed by atoms with Gasteiger partial charge in [-0.05, 0) is 29.7 Å². The zero-order valence-corrected chi connectivity index (χ0v) is 25.5. The van der Waals surface area contributed by atoms with Crippen molar-refractivity contribution in [2.24, 2.45) is 0 Å². The predicted molar refractivity (Wildman–Crippen MR) is 154 cm³/mol. The first-order valence-corrected chi connectivity index (χ1v) is 17.9. The Morgan fingerprint density at radius 2 is 1.80 bits per heavy atom. The largest absolute Gasteiger partial charge is 0.382 e. The van der Waals surface area contributed by atoms with Crippen molar-refractivity contribution in [3.8, 4) is 0 Å². The van der Waals surface area contributed by atoms with Gasteiger partial charge in [0.25, 0.3) is 5.56 Å². The van der Waals surface area contributed by atoms with Crippen LogP contribution in [-0.2, 0) is 46.7 Å². The van der Waals surface area contributed by atoms with Crippen LogP contribution in [-0.4, -0.2) is 92.6 Å². The lowest BCUT2D eigenvalue weighted by atomic mass is 10.1. The number of hydrogen-bond acceptors (Lipinski definition) is 13. The van der Waals surface area contributed by atoms with E-state index in [2.05, 4.69) is 36.7 Å². The van der Waals surface area contributed by atoms with Crippen LogP contribution in [0.4, 0.5) is 14.6 Å². The number of hydrogen-bond donors (Lipinski definition) is 5. The molecule has 4 aromatic heterocycles. The number of nitrogens with two attached hydrogens (primary N) is 1. The van der Waals surface area contributed by atoms with Crippen LogP contribution in [0, 0.1) is 0 Å². The lowest BCUT2D eigenvalue weighted by Gasteiger charge is -2.26. The molecule has 2 fully saturated rings. The molecule has 0 aromatic carbocycles. The minimum atomic E-state index is -4.26. The highest BCUT2D eigenvalue weighted by atomic mass is 32.5. The van der Waals surface area contributed by atoms with E-state index in [4.69, 9.17) is 40.6 Å². The average Bonchev–Trinajstić information content (AvgIpc) is 3.72. The summed E-state index contributed by atoms with van der Waals surface area (Å²) in [4.78, 5) is 60.5. The molecular formula is C21H24F2N8O9P2S2. The number of fused-ring (bicyclic) bond motifs is 2. The second-order valence-corrected chi connectivity index (χ2v) is 15.3. The van der Waals surface area contributed by atoms with Gasteiger partial charge < -0.3 is 48.5 Å². The number of imidazole rings is 2. The molecule has 0 spiro atoms. The van der Waals surface area contributed by atoms with Gasteiger partial charge in [-0.3, -0.25) is 13.9 Å². The van der Waals surface area contributed by atoms with Crippen molar-refractivity contribution in [3.63, 3.8) is 0 Å². The fourth-order valence-corrected chi connectivity index (χ4v) is 6.93. The first kappa shape index (κ1) is 31.6. The van der Waals surface area contributed by atoms with Crippen LogP contribution < -0.4 is 11.3 Å². The fraction of sp³-hybridized carbons (Fsp3) is 0.476. The summed E-state index contributed by atoms with van der Waals surface area (Å²) in [5.41, 5.74) is 6.06. The minimum absolute atomic E-state index is 0.0133. The van der Waals surface area contributed by atoms with E-state index in [0.29, 0.717) is 0 Å². The van der Waals surface area contributed by atoms with Gasteiger partial charge in [-0.15, -0.1) is 0 Å². The van der Waals surface area contributed by atoms with Crippen molar-refractivity contribution in [2.75, 3.05) is 18.9 Å². The van der Waals surface area contributed by atoms with Crippen LogP contribution in [0.1, 0.15) is 18.9 Å². The van der Waals surface area contributed by atoms with E-state index in [1.54, 1.807) is 0 Å². The third-order valence-electron chi connectivity index (χ3n) is 6.92. The van der Waals surface area contributed by atoms with Gasteiger partial charge in [-0.1, -0.05) is 0 Å². The first-order valence-electron chi connectivity index (χ1n) is 12.7. The predicted octanol–water partition coefficient (Wildman–Crippen LogP) is 0.852. The molecule has 2 saturated heterocycles. The van der Waals surface area contributed by atoms with Crippen LogP contribution in [0.2, 0.25) is 0 Å². The van der Waals surface area contributed by atoms with Gasteiger partial charge in [-0.2, -0.15) is 0 Å². The molecule has 8 atom stereocenters. The highest BCUT2D eigenvalue weighted by Gasteiger charge is 2.50. The fourth-order valence-electron chi connectivity index (χ4n) is 4.98. The van der Waals surface area contributed by atoms with Gasteiger partial charge in [0.2, 0.25) is 0 Å².